The lowest BCUT2D eigenvalue weighted by atomic mass is 10.2. The Morgan fingerprint density at radius 3 is 2.80 bits per heavy atom. The number of anilines is 2. The second-order valence-electron chi connectivity index (χ2n) is 5.68. The van der Waals surface area contributed by atoms with Gasteiger partial charge in [0.15, 0.2) is 0 Å². The van der Waals surface area contributed by atoms with Crippen LogP contribution < -0.4 is 15.0 Å². The second kappa shape index (κ2) is 7.48. The van der Waals surface area contributed by atoms with Gasteiger partial charge in [0.1, 0.15) is 11.8 Å². The number of nitrogens with zero attached hydrogens (tertiary/aromatic N) is 1. The van der Waals surface area contributed by atoms with E-state index in [-0.39, 0.29) is 18.3 Å². The molecule has 1 heterocycles. The molecule has 25 heavy (non-hydrogen) atoms. The smallest absolute Gasteiger partial charge is 0.387 e. The minimum atomic E-state index is -2.95. The Bertz CT molecular complexity index is 755. The van der Waals surface area contributed by atoms with E-state index in [0.717, 1.165) is 11.3 Å². The largest absolute Gasteiger partial charge is 0.433 e. The average molecular weight is 348 g/mol. The monoisotopic (exact) mass is 348 g/mol. The molecule has 0 spiro atoms. The summed E-state index contributed by atoms with van der Waals surface area (Å²) in [6.07, 6.45) is 0.533. The third kappa shape index (κ3) is 3.88. The summed E-state index contributed by atoms with van der Waals surface area (Å²) < 4.78 is 29.6. The Morgan fingerprint density at radius 2 is 2.04 bits per heavy atom. The van der Waals surface area contributed by atoms with Crippen LogP contribution in [-0.2, 0) is 11.4 Å². The van der Waals surface area contributed by atoms with E-state index in [1.54, 1.807) is 36.4 Å². The number of hydrogen-bond donors (Lipinski definition) is 2. The summed E-state index contributed by atoms with van der Waals surface area (Å²) in [6.45, 7) is -2.63. The second-order valence-corrected chi connectivity index (χ2v) is 5.68. The van der Waals surface area contributed by atoms with Crippen molar-refractivity contribution in [3.8, 4) is 5.75 Å². The first kappa shape index (κ1) is 17.2. The van der Waals surface area contributed by atoms with E-state index in [1.807, 2.05) is 6.07 Å². The molecule has 2 aromatic carbocycles. The summed E-state index contributed by atoms with van der Waals surface area (Å²) in [5.41, 5.74) is 1.80. The summed E-state index contributed by atoms with van der Waals surface area (Å²) in [5, 5.41) is 12.3. The Balaban J connectivity index is 1.76. The van der Waals surface area contributed by atoms with Gasteiger partial charge < -0.3 is 20.1 Å². The van der Waals surface area contributed by atoms with Gasteiger partial charge in [-0.05, 0) is 36.2 Å². The van der Waals surface area contributed by atoms with Gasteiger partial charge in [-0.25, -0.2) is 0 Å². The third-order valence-corrected chi connectivity index (χ3v) is 4.03. The molecule has 0 bridgehead atoms. The van der Waals surface area contributed by atoms with Crippen LogP contribution in [-0.4, -0.2) is 30.2 Å². The van der Waals surface area contributed by atoms with Crippen LogP contribution >= 0.6 is 0 Å². The highest BCUT2D eigenvalue weighted by Crippen LogP contribution is 2.33. The van der Waals surface area contributed by atoms with Gasteiger partial charge in [0, 0.05) is 12.2 Å². The van der Waals surface area contributed by atoms with E-state index in [2.05, 4.69) is 10.1 Å². The summed E-state index contributed by atoms with van der Waals surface area (Å²) in [6, 6.07) is 12.9. The van der Waals surface area contributed by atoms with Gasteiger partial charge in [-0.2, -0.15) is 8.78 Å². The fourth-order valence-corrected chi connectivity index (χ4v) is 2.89. The van der Waals surface area contributed by atoms with Crippen molar-refractivity contribution in [2.45, 2.75) is 25.7 Å². The molecular formula is C18H18F2N2O3. The van der Waals surface area contributed by atoms with E-state index < -0.39 is 12.7 Å². The van der Waals surface area contributed by atoms with Gasteiger partial charge in [-0.1, -0.05) is 24.3 Å². The fourth-order valence-electron chi connectivity index (χ4n) is 2.89. The van der Waals surface area contributed by atoms with Crippen LogP contribution in [0.25, 0.3) is 0 Å². The van der Waals surface area contributed by atoms with Gasteiger partial charge in [0.25, 0.3) is 0 Å². The van der Waals surface area contributed by atoms with Crippen molar-refractivity contribution in [3.63, 3.8) is 0 Å². The molecule has 7 heteroatoms. The normalized spacial score (nSPS) is 17.2. The first-order chi connectivity index (χ1) is 12.1. The number of halogens is 2. The minimum absolute atomic E-state index is 0.0197. The molecule has 3 rings (SSSR count). The van der Waals surface area contributed by atoms with Crippen molar-refractivity contribution in [2.24, 2.45) is 0 Å². The number of hydrogen-bond acceptors (Lipinski definition) is 4. The molecule has 132 valence electrons. The van der Waals surface area contributed by atoms with Crippen LogP contribution in [0.4, 0.5) is 20.2 Å². The number of rotatable bonds is 6. The predicted octanol–water partition coefficient (Wildman–Crippen LogP) is 3.00. The first-order valence-electron chi connectivity index (χ1n) is 7.90. The lowest BCUT2D eigenvalue weighted by Gasteiger charge is -2.20. The standard InChI is InChI=1S/C18H18F2N2O3/c19-18(20)25-16-7-2-1-6-15(16)22-9-8-14(17(22)24)21-13-5-3-4-12(10-13)11-23/h1-7,10,14,18,21,23H,8-9,11H2/t14-/m1/s1. The first-order valence-corrected chi connectivity index (χ1v) is 7.90. The van der Waals surface area contributed by atoms with Crippen LogP contribution in [0, 0.1) is 0 Å². The zero-order chi connectivity index (χ0) is 17.8. The van der Waals surface area contributed by atoms with Crippen LogP contribution in [0.2, 0.25) is 0 Å². The number of carbonyl (C=O) groups excluding carboxylic acids is 1. The lowest BCUT2D eigenvalue weighted by Crippen LogP contribution is -2.33. The Hall–Kier alpha value is -2.67. The molecule has 1 amide bonds. The maximum Gasteiger partial charge on any atom is 0.387 e. The number of alkyl halides is 2. The number of aliphatic hydroxyl groups is 1. The highest BCUT2D eigenvalue weighted by atomic mass is 19.3. The number of amides is 1. The molecular weight excluding hydrogens is 330 g/mol. The molecule has 1 aliphatic rings. The molecule has 0 unspecified atom stereocenters. The number of nitrogens with one attached hydrogen (secondary N) is 1. The highest BCUT2D eigenvalue weighted by Gasteiger charge is 2.34. The zero-order valence-corrected chi connectivity index (χ0v) is 13.4. The molecule has 0 saturated carbocycles. The number of aliphatic hydroxyl groups excluding tert-OH is 1. The van der Waals surface area contributed by atoms with Crippen molar-refractivity contribution < 1.29 is 23.4 Å². The van der Waals surface area contributed by atoms with Crippen LogP contribution in [0.1, 0.15) is 12.0 Å². The van der Waals surface area contributed by atoms with Gasteiger partial charge in [0.05, 0.1) is 12.3 Å². The molecule has 1 fully saturated rings. The molecule has 1 atom stereocenters. The van der Waals surface area contributed by atoms with Crippen molar-refractivity contribution in [3.05, 3.63) is 54.1 Å². The SMILES string of the molecule is O=C1[C@H](Nc2cccc(CO)c2)CCN1c1ccccc1OC(F)F. The Labute approximate surface area is 143 Å². The fraction of sp³-hybridized carbons (Fsp3) is 0.278. The number of benzene rings is 2. The Morgan fingerprint density at radius 1 is 1.24 bits per heavy atom. The van der Waals surface area contributed by atoms with E-state index >= 15 is 0 Å². The summed E-state index contributed by atoms with van der Waals surface area (Å²) >= 11 is 0. The van der Waals surface area contributed by atoms with E-state index in [1.165, 1.54) is 11.0 Å². The highest BCUT2D eigenvalue weighted by molar-refractivity contribution is 6.02. The van der Waals surface area contributed by atoms with E-state index in [9.17, 15) is 18.7 Å². The molecule has 0 aliphatic carbocycles. The number of para-hydroxylation sites is 2. The topological polar surface area (TPSA) is 61.8 Å². The number of ether oxygens (including phenoxy) is 1. The number of carbonyl (C=O) groups is 1. The summed E-state index contributed by atoms with van der Waals surface area (Å²) in [7, 11) is 0. The van der Waals surface area contributed by atoms with Crippen LogP contribution in [0.15, 0.2) is 48.5 Å². The molecule has 2 N–H and O–H groups in total. The van der Waals surface area contributed by atoms with Crippen molar-refractivity contribution in [1.82, 2.24) is 0 Å². The maximum atomic E-state index is 12.7. The van der Waals surface area contributed by atoms with E-state index in [0.29, 0.717) is 18.7 Å². The van der Waals surface area contributed by atoms with Gasteiger partial charge >= 0.3 is 6.61 Å². The van der Waals surface area contributed by atoms with Crippen LogP contribution in [0.3, 0.4) is 0 Å². The lowest BCUT2D eigenvalue weighted by molar-refractivity contribution is -0.117. The molecule has 2 aromatic rings. The quantitative estimate of drug-likeness (QED) is 0.842. The summed E-state index contributed by atoms with van der Waals surface area (Å²) in [4.78, 5) is 14.1. The van der Waals surface area contributed by atoms with E-state index in [4.69, 9.17) is 0 Å². The average Bonchev–Trinajstić information content (AvgIpc) is 2.96. The molecule has 5 nitrogen and oxygen atoms in total. The molecule has 1 aliphatic heterocycles. The minimum Gasteiger partial charge on any atom is -0.433 e. The van der Waals surface area contributed by atoms with Crippen molar-refractivity contribution >= 4 is 17.3 Å². The Kier molecular flexibility index (Phi) is 5.14. The van der Waals surface area contributed by atoms with Crippen LogP contribution in [0.5, 0.6) is 5.75 Å². The van der Waals surface area contributed by atoms with Gasteiger partial charge in [-0.3, -0.25) is 4.79 Å². The van der Waals surface area contributed by atoms with Crippen molar-refractivity contribution in [1.29, 1.82) is 0 Å². The molecule has 0 aromatic heterocycles. The van der Waals surface area contributed by atoms with Gasteiger partial charge in [-0.15, -0.1) is 0 Å². The molecule has 0 radical (unpaired) electrons. The van der Waals surface area contributed by atoms with Gasteiger partial charge in [0.2, 0.25) is 5.91 Å². The third-order valence-electron chi connectivity index (χ3n) is 4.03. The predicted molar refractivity (Wildman–Crippen MR) is 89.8 cm³/mol. The maximum absolute atomic E-state index is 12.7. The summed E-state index contributed by atoms with van der Waals surface area (Å²) in [5.74, 6) is -0.228. The van der Waals surface area contributed by atoms with Crippen molar-refractivity contribution in [2.75, 3.05) is 16.8 Å². The molecule has 1 saturated heterocycles. The zero-order valence-electron chi connectivity index (χ0n) is 13.4.